The van der Waals surface area contributed by atoms with Crippen LogP contribution >= 0.6 is 0 Å². The van der Waals surface area contributed by atoms with Gasteiger partial charge in [0, 0.05) is 5.10 Å². The minimum absolute atomic E-state index is 0.00305. The van der Waals surface area contributed by atoms with Gasteiger partial charge in [-0.25, -0.2) is 23.3 Å². The first-order valence-electron chi connectivity index (χ1n) is 13.0. The van der Waals surface area contributed by atoms with E-state index in [4.69, 9.17) is 26.7 Å². The Balaban J connectivity index is 1.36. The zero-order valence-electron chi connectivity index (χ0n) is 22.4. The van der Waals surface area contributed by atoms with E-state index in [9.17, 15) is 20.4 Å². The summed E-state index contributed by atoms with van der Waals surface area (Å²) in [5.41, 5.74) is 13.8. The minimum Gasteiger partial charge on any atom is -0.393 e. The average molecular weight is 606 g/mol. The molecule has 0 aromatic carbocycles. The predicted octanol–water partition coefficient (Wildman–Crippen LogP) is -1.61. The summed E-state index contributed by atoms with van der Waals surface area (Å²) in [7, 11) is 0. The van der Waals surface area contributed by atoms with Crippen LogP contribution in [-0.2, 0) is 9.47 Å². The molecule has 4 aromatic rings. The van der Waals surface area contributed by atoms with Gasteiger partial charge in [-0.2, -0.15) is 9.83 Å². The summed E-state index contributed by atoms with van der Waals surface area (Å²) in [5, 5.41) is 49.4. The van der Waals surface area contributed by atoms with Crippen molar-refractivity contribution in [2.75, 3.05) is 30.4 Å². The summed E-state index contributed by atoms with van der Waals surface area (Å²) in [4.78, 5) is 19.9. The van der Waals surface area contributed by atoms with Crippen molar-refractivity contribution in [3.8, 4) is 6.07 Å². The number of nitrogens with zero attached hydrogens (tertiary/aromatic N) is 9. The first-order chi connectivity index (χ1) is 20.5. The lowest BCUT2D eigenvalue weighted by atomic mass is 9.93. The van der Waals surface area contributed by atoms with E-state index in [2.05, 4.69) is 41.0 Å². The van der Waals surface area contributed by atoms with Crippen molar-refractivity contribution in [2.45, 2.75) is 61.3 Å². The fourth-order valence-electron chi connectivity index (χ4n) is 5.29. The first kappa shape index (κ1) is 28.7. The summed E-state index contributed by atoms with van der Waals surface area (Å²) in [6.07, 6.45) is -8.07. The van der Waals surface area contributed by atoms with Crippen LogP contribution in [0.1, 0.15) is 36.9 Å². The monoisotopic (exact) mass is 605 g/mol. The van der Waals surface area contributed by atoms with Gasteiger partial charge < -0.3 is 47.1 Å². The molecule has 8 unspecified atom stereocenters. The molecule has 2 aliphatic rings. The van der Waals surface area contributed by atoms with Crippen molar-refractivity contribution in [1.82, 2.24) is 39.2 Å². The van der Waals surface area contributed by atoms with Gasteiger partial charge in [-0.1, -0.05) is 6.92 Å². The van der Waals surface area contributed by atoms with Crippen molar-refractivity contribution >= 4 is 34.8 Å². The normalized spacial score (nSPS) is 32.4. The zero-order chi connectivity index (χ0) is 30.8. The van der Waals surface area contributed by atoms with Gasteiger partial charge >= 0.3 is 5.95 Å². The number of fused-ring (bicyclic) bond motifs is 2. The highest BCUT2D eigenvalue weighted by atomic mass is 19.1. The van der Waals surface area contributed by atoms with Crippen LogP contribution in [0, 0.1) is 6.07 Å². The number of halogens is 2. The van der Waals surface area contributed by atoms with E-state index in [0.717, 1.165) is 9.03 Å². The van der Waals surface area contributed by atoms with Crippen LogP contribution in [0.25, 0.3) is 16.1 Å². The van der Waals surface area contributed by atoms with Crippen molar-refractivity contribution in [2.24, 2.45) is 0 Å². The lowest BCUT2D eigenvalue weighted by Crippen LogP contribution is -2.44. The number of rotatable bonds is 5. The molecule has 18 nitrogen and oxygen atoms in total. The van der Waals surface area contributed by atoms with E-state index >= 15 is 8.78 Å². The summed E-state index contributed by atoms with van der Waals surface area (Å²) >= 11 is 0. The maximum Gasteiger partial charge on any atom is 0.553 e. The van der Waals surface area contributed by atoms with Gasteiger partial charge in [0.2, 0.25) is 17.2 Å². The van der Waals surface area contributed by atoms with Crippen LogP contribution in [0.15, 0.2) is 12.4 Å². The number of aromatic nitrogens is 8. The number of hydrogen-bond acceptors (Lipinski definition) is 15. The zero-order valence-corrected chi connectivity index (χ0v) is 22.4. The van der Waals surface area contributed by atoms with Crippen LogP contribution in [0.3, 0.4) is 0 Å². The quantitative estimate of drug-likeness (QED) is 0.135. The number of nitrogen functional groups attached to an aromatic ring is 3. The third-order valence-electron chi connectivity index (χ3n) is 7.76. The van der Waals surface area contributed by atoms with Crippen LogP contribution in [-0.4, -0.2) is 109 Å². The molecule has 228 valence electrons. The van der Waals surface area contributed by atoms with Gasteiger partial charge in [0.05, 0.1) is 31.3 Å². The number of anilines is 3. The number of alkyl halides is 2. The molecule has 2 aliphatic heterocycles. The Bertz CT molecular complexity index is 1770. The lowest BCUT2D eigenvalue weighted by molar-refractivity contribution is -0.115. The predicted molar refractivity (Wildman–Crippen MR) is 141 cm³/mol. The topological polar surface area (TPSA) is 268 Å². The molecular weight excluding hydrogens is 578 g/mol. The third-order valence-corrected chi connectivity index (χ3v) is 7.76. The highest BCUT2D eigenvalue weighted by molar-refractivity contribution is 5.62. The van der Waals surface area contributed by atoms with E-state index in [1.807, 2.05) is 0 Å². The second-order valence-electron chi connectivity index (χ2n) is 10.2. The van der Waals surface area contributed by atoms with Gasteiger partial charge in [0.1, 0.15) is 35.7 Å². The van der Waals surface area contributed by atoms with Crippen molar-refractivity contribution in [3.05, 3.63) is 28.6 Å². The molecule has 0 spiro atoms. The largest absolute Gasteiger partial charge is 0.553 e. The minimum atomic E-state index is -2.21. The number of aliphatic hydroxyl groups is 4. The molecular formula is C23H27F2N12O6+. The van der Waals surface area contributed by atoms with Crippen LogP contribution < -0.4 is 17.2 Å². The fourth-order valence-corrected chi connectivity index (χ4v) is 5.29. The van der Waals surface area contributed by atoms with Gasteiger partial charge in [-0.15, -0.1) is 9.61 Å². The van der Waals surface area contributed by atoms with E-state index in [1.165, 1.54) is 12.4 Å². The molecule has 0 aliphatic carbocycles. The molecule has 10 N–H and O–H groups in total. The smallest absolute Gasteiger partial charge is 0.393 e. The number of imidazole rings is 2. The molecule has 4 aromatic heterocycles. The Morgan fingerprint density at radius 3 is 2.07 bits per heavy atom. The second kappa shape index (κ2) is 10.1. The van der Waals surface area contributed by atoms with E-state index in [1.54, 1.807) is 6.92 Å². The van der Waals surface area contributed by atoms with Crippen molar-refractivity contribution < 1.29 is 38.7 Å². The standard InChI is InChI=1S/C23H27F2N12O6/c1-2-22(6-38)14(40)10(24)12(42-22)9-4-30-19-17(27)33-21(35-37(9)19)31-5-23(7-39)15(41)11(25)13(43-23)8-3-29-18-16(26)32-20(28)34-36(8)18/h3-4,10-15,38-41H,2,6-7H2,1H3,(H2,27,33,35)(H4,26,28,32,34)/q+1. The number of aliphatic hydroxyl groups excluding tert-OH is 4. The molecule has 0 bridgehead atoms. The summed E-state index contributed by atoms with van der Waals surface area (Å²) in [6, 6.07) is 2.38. The molecule has 0 amide bonds. The maximum absolute atomic E-state index is 15.5. The lowest BCUT2D eigenvalue weighted by Gasteiger charge is -2.28. The molecule has 0 radical (unpaired) electrons. The van der Waals surface area contributed by atoms with Crippen LogP contribution in [0.5, 0.6) is 0 Å². The van der Waals surface area contributed by atoms with Crippen LogP contribution in [0.4, 0.5) is 32.3 Å². The van der Waals surface area contributed by atoms with Gasteiger partial charge in [0.15, 0.2) is 29.9 Å². The van der Waals surface area contributed by atoms with Crippen molar-refractivity contribution in [1.29, 1.82) is 0 Å². The van der Waals surface area contributed by atoms with E-state index in [0.29, 0.717) is 0 Å². The van der Waals surface area contributed by atoms with Gasteiger partial charge in [-0.05, 0) is 11.4 Å². The SMILES string of the molecule is CCC1(CO)OC(c2cnc3c(N)nc([N+]#CC4(CO)OC(c5cnc6c(N)nc(N)nn56)C(F)C4O)nn23)C(F)C1O. The second-order valence-corrected chi connectivity index (χ2v) is 10.2. The van der Waals surface area contributed by atoms with E-state index < -0.39 is 67.1 Å². The molecule has 8 atom stereocenters. The van der Waals surface area contributed by atoms with E-state index in [-0.39, 0.29) is 46.7 Å². The summed E-state index contributed by atoms with van der Waals surface area (Å²) in [5.74, 6) is -0.913. The van der Waals surface area contributed by atoms with Gasteiger partial charge in [0.25, 0.3) is 5.82 Å². The highest BCUT2D eigenvalue weighted by Crippen LogP contribution is 2.44. The highest BCUT2D eigenvalue weighted by Gasteiger charge is 2.58. The third kappa shape index (κ3) is 4.20. The Kier molecular flexibility index (Phi) is 6.75. The molecule has 6 heterocycles. The number of ether oxygens (including phenoxy) is 2. The Hall–Kier alpha value is -4.39. The summed E-state index contributed by atoms with van der Waals surface area (Å²) < 4.78 is 44.3. The fraction of sp³-hybridized carbons (Fsp3) is 0.522. The Morgan fingerprint density at radius 2 is 1.49 bits per heavy atom. The molecule has 2 fully saturated rings. The molecule has 20 heteroatoms. The van der Waals surface area contributed by atoms with Crippen molar-refractivity contribution in [3.63, 3.8) is 0 Å². The summed E-state index contributed by atoms with van der Waals surface area (Å²) in [6.45, 7) is 0.0180. The molecule has 0 saturated carbocycles. The number of nitrogens with two attached hydrogens (primary N) is 3. The molecule has 43 heavy (non-hydrogen) atoms. The number of hydrogen-bond donors (Lipinski definition) is 7. The maximum atomic E-state index is 15.5. The van der Waals surface area contributed by atoms with Crippen LogP contribution in [0.2, 0.25) is 0 Å². The van der Waals surface area contributed by atoms with Gasteiger partial charge in [-0.3, -0.25) is 0 Å². The first-order valence-corrected chi connectivity index (χ1v) is 13.0. The Labute approximate surface area is 239 Å². The average Bonchev–Trinajstić information content (AvgIpc) is 3.73. The molecule has 6 rings (SSSR count). The Morgan fingerprint density at radius 1 is 0.907 bits per heavy atom. The molecule has 2 saturated heterocycles.